The maximum absolute atomic E-state index is 13.4. The quantitative estimate of drug-likeness (QED) is 0.909. The van der Waals surface area contributed by atoms with Gasteiger partial charge in [-0.1, -0.05) is 24.3 Å². The van der Waals surface area contributed by atoms with E-state index < -0.39 is 0 Å². The number of aromatic nitrogens is 1. The molecule has 2 rings (SSSR count). The van der Waals surface area contributed by atoms with E-state index in [4.69, 9.17) is 0 Å². The van der Waals surface area contributed by atoms with Gasteiger partial charge in [-0.2, -0.15) is 0 Å². The Morgan fingerprint density at radius 2 is 2.00 bits per heavy atom. The van der Waals surface area contributed by atoms with E-state index in [-0.39, 0.29) is 24.2 Å². The third kappa shape index (κ3) is 3.88. The zero-order valence-electron chi connectivity index (χ0n) is 11.3. The Hall–Kier alpha value is -2.23. The van der Waals surface area contributed by atoms with Crippen LogP contribution in [0.25, 0.3) is 0 Å². The lowest BCUT2D eigenvalue weighted by molar-refractivity contribution is -0.121. The normalized spacial score (nSPS) is 11.9. The standard InChI is InChI=1S/C16H17FN2O/c1-12(15-8-4-5-11-18-15)19-16(20)10-9-13-6-2-3-7-14(13)17/h2-8,11-12H,9-10H2,1H3,(H,19,20)/t12-/m0/s1. The maximum Gasteiger partial charge on any atom is 0.220 e. The van der Waals surface area contributed by atoms with Crippen LogP contribution in [-0.2, 0) is 11.2 Å². The number of benzene rings is 1. The van der Waals surface area contributed by atoms with Gasteiger partial charge in [0, 0.05) is 12.6 Å². The largest absolute Gasteiger partial charge is 0.348 e. The van der Waals surface area contributed by atoms with Gasteiger partial charge in [0.05, 0.1) is 11.7 Å². The average Bonchev–Trinajstić information content (AvgIpc) is 2.47. The molecule has 1 N–H and O–H groups in total. The highest BCUT2D eigenvalue weighted by atomic mass is 19.1. The molecule has 0 radical (unpaired) electrons. The van der Waals surface area contributed by atoms with E-state index in [1.54, 1.807) is 24.4 Å². The van der Waals surface area contributed by atoms with E-state index in [2.05, 4.69) is 10.3 Å². The molecule has 0 unspecified atom stereocenters. The summed E-state index contributed by atoms with van der Waals surface area (Å²) >= 11 is 0. The fourth-order valence-electron chi connectivity index (χ4n) is 1.97. The van der Waals surface area contributed by atoms with E-state index in [1.165, 1.54) is 6.07 Å². The molecule has 104 valence electrons. The zero-order valence-corrected chi connectivity index (χ0v) is 11.3. The molecular formula is C16H17FN2O. The predicted octanol–water partition coefficient (Wildman–Crippen LogP) is 3.03. The van der Waals surface area contributed by atoms with E-state index >= 15 is 0 Å². The van der Waals surface area contributed by atoms with E-state index in [1.807, 2.05) is 25.1 Å². The highest BCUT2D eigenvalue weighted by molar-refractivity contribution is 5.76. The molecule has 1 aromatic heterocycles. The van der Waals surface area contributed by atoms with Gasteiger partial charge in [0.1, 0.15) is 5.82 Å². The minimum Gasteiger partial charge on any atom is -0.348 e. The Labute approximate surface area is 117 Å². The third-order valence-corrected chi connectivity index (χ3v) is 3.09. The van der Waals surface area contributed by atoms with Gasteiger partial charge in [0.2, 0.25) is 5.91 Å². The molecule has 2 aromatic rings. The van der Waals surface area contributed by atoms with Gasteiger partial charge in [-0.25, -0.2) is 4.39 Å². The summed E-state index contributed by atoms with van der Waals surface area (Å²) in [6, 6.07) is 11.9. The summed E-state index contributed by atoms with van der Waals surface area (Å²) in [5, 5.41) is 2.86. The summed E-state index contributed by atoms with van der Waals surface area (Å²) in [4.78, 5) is 16.0. The Balaban J connectivity index is 1.86. The molecule has 20 heavy (non-hydrogen) atoms. The van der Waals surface area contributed by atoms with Crippen molar-refractivity contribution >= 4 is 5.91 Å². The molecule has 0 aliphatic heterocycles. The summed E-state index contributed by atoms with van der Waals surface area (Å²) in [6.07, 6.45) is 2.35. The first-order valence-electron chi connectivity index (χ1n) is 6.60. The zero-order chi connectivity index (χ0) is 14.4. The smallest absolute Gasteiger partial charge is 0.220 e. The molecule has 4 heteroatoms. The SMILES string of the molecule is C[C@H](NC(=O)CCc1ccccc1F)c1ccccn1. The van der Waals surface area contributed by atoms with E-state index in [0.717, 1.165) is 5.69 Å². The van der Waals surface area contributed by atoms with Crippen LogP contribution in [0.2, 0.25) is 0 Å². The molecule has 0 fully saturated rings. The number of halogens is 1. The van der Waals surface area contributed by atoms with Crippen LogP contribution in [0, 0.1) is 5.82 Å². The van der Waals surface area contributed by atoms with E-state index in [9.17, 15) is 9.18 Å². The molecule has 0 aliphatic rings. The van der Waals surface area contributed by atoms with Gasteiger partial charge >= 0.3 is 0 Å². The number of hydrogen-bond donors (Lipinski definition) is 1. The van der Waals surface area contributed by atoms with Crippen LogP contribution >= 0.6 is 0 Å². The van der Waals surface area contributed by atoms with Crippen LogP contribution < -0.4 is 5.32 Å². The van der Waals surface area contributed by atoms with Crippen LogP contribution in [0.15, 0.2) is 48.7 Å². The first-order chi connectivity index (χ1) is 9.66. The lowest BCUT2D eigenvalue weighted by Gasteiger charge is -2.13. The molecule has 0 saturated heterocycles. The van der Waals surface area contributed by atoms with Gasteiger partial charge in [-0.15, -0.1) is 0 Å². The van der Waals surface area contributed by atoms with Gasteiger partial charge in [-0.3, -0.25) is 9.78 Å². The number of hydrogen-bond acceptors (Lipinski definition) is 2. The summed E-state index contributed by atoms with van der Waals surface area (Å²) in [5.74, 6) is -0.371. The number of carbonyl (C=O) groups is 1. The van der Waals surface area contributed by atoms with Gasteiger partial charge in [-0.05, 0) is 37.1 Å². The van der Waals surface area contributed by atoms with Crippen molar-refractivity contribution in [1.82, 2.24) is 10.3 Å². The second kappa shape index (κ2) is 6.80. The van der Waals surface area contributed by atoms with Crippen molar-refractivity contribution in [3.05, 3.63) is 65.7 Å². The van der Waals surface area contributed by atoms with Crippen molar-refractivity contribution in [2.24, 2.45) is 0 Å². The first kappa shape index (κ1) is 14.2. The van der Waals surface area contributed by atoms with Crippen molar-refractivity contribution in [2.75, 3.05) is 0 Å². The fourth-order valence-corrected chi connectivity index (χ4v) is 1.97. The van der Waals surface area contributed by atoms with E-state index in [0.29, 0.717) is 12.0 Å². The predicted molar refractivity (Wildman–Crippen MR) is 75.5 cm³/mol. The average molecular weight is 272 g/mol. The molecule has 1 atom stereocenters. The second-order valence-electron chi connectivity index (χ2n) is 4.64. The van der Waals surface area contributed by atoms with Crippen molar-refractivity contribution in [3.63, 3.8) is 0 Å². The maximum atomic E-state index is 13.4. The molecule has 0 bridgehead atoms. The van der Waals surface area contributed by atoms with Gasteiger partial charge < -0.3 is 5.32 Å². The monoisotopic (exact) mass is 272 g/mol. The lowest BCUT2D eigenvalue weighted by Crippen LogP contribution is -2.27. The molecule has 1 aromatic carbocycles. The summed E-state index contributed by atoms with van der Waals surface area (Å²) in [5.41, 5.74) is 1.37. The molecule has 0 aliphatic carbocycles. The first-order valence-corrected chi connectivity index (χ1v) is 6.60. The Kier molecular flexibility index (Phi) is 4.82. The Bertz CT molecular complexity index is 572. The van der Waals surface area contributed by atoms with Gasteiger partial charge in [0.25, 0.3) is 0 Å². The second-order valence-corrected chi connectivity index (χ2v) is 4.64. The molecule has 0 saturated carbocycles. The van der Waals surface area contributed by atoms with Gasteiger partial charge in [0.15, 0.2) is 0 Å². The van der Waals surface area contributed by atoms with Crippen LogP contribution in [0.4, 0.5) is 4.39 Å². The number of pyridine rings is 1. The van der Waals surface area contributed by atoms with Crippen LogP contribution in [0.3, 0.4) is 0 Å². The number of nitrogens with one attached hydrogen (secondary N) is 1. The fraction of sp³-hybridized carbons (Fsp3) is 0.250. The molecule has 1 heterocycles. The topological polar surface area (TPSA) is 42.0 Å². The summed E-state index contributed by atoms with van der Waals surface area (Å²) < 4.78 is 13.4. The molecule has 3 nitrogen and oxygen atoms in total. The number of rotatable bonds is 5. The Morgan fingerprint density at radius 1 is 1.25 bits per heavy atom. The third-order valence-electron chi connectivity index (χ3n) is 3.09. The number of aryl methyl sites for hydroxylation is 1. The highest BCUT2D eigenvalue weighted by Gasteiger charge is 2.11. The minimum absolute atomic E-state index is 0.105. The lowest BCUT2D eigenvalue weighted by atomic mass is 10.1. The highest BCUT2D eigenvalue weighted by Crippen LogP contribution is 2.11. The molecule has 1 amide bonds. The van der Waals surface area contributed by atoms with Crippen LogP contribution in [0.1, 0.15) is 30.6 Å². The minimum atomic E-state index is -0.266. The van der Waals surface area contributed by atoms with Crippen LogP contribution in [0.5, 0.6) is 0 Å². The number of nitrogens with zero attached hydrogens (tertiary/aromatic N) is 1. The summed E-state index contributed by atoms with van der Waals surface area (Å²) in [6.45, 7) is 1.88. The van der Waals surface area contributed by atoms with Crippen molar-refractivity contribution in [3.8, 4) is 0 Å². The molecular weight excluding hydrogens is 255 g/mol. The van der Waals surface area contributed by atoms with Crippen molar-refractivity contribution in [1.29, 1.82) is 0 Å². The van der Waals surface area contributed by atoms with Crippen LogP contribution in [-0.4, -0.2) is 10.9 Å². The Morgan fingerprint density at radius 3 is 2.70 bits per heavy atom. The molecule has 0 spiro atoms. The number of amides is 1. The van der Waals surface area contributed by atoms with Crippen molar-refractivity contribution in [2.45, 2.75) is 25.8 Å². The summed E-state index contributed by atoms with van der Waals surface area (Å²) in [7, 11) is 0. The number of carbonyl (C=O) groups excluding carboxylic acids is 1. The van der Waals surface area contributed by atoms with Crippen molar-refractivity contribution < 1.29 is 9.18 Å².